The fourth-order valence-electron chi connectivity index (χ4n) is 5.04. The molecule has 0 atom stereocenters. The molecule has 0 saturated heterocycles. The monoisotopic (exact) mass is 487 g/mol. The molecule has 0 spiro atoms. The zero-order chi connectivity index (χ0) is 21.9. The number of benzene rings is 4. The largest absolute Gasteiger partial charge is 0.294 e. The van der Waals surface area contributed by atoms with Crippen molar-refractivity contribution in [1.29, 1.82) is 0 Å². The fourth-order valence-corrected chi connectivity index (χ4v) is 5.45. The summed E-state index contributed by atoms with van der Waals surface area (Å²) in [6.07, 6.45) is 0. The van der Waals surface area contributed by atoms with Gasteiger partial charge in [0, 0.05) is 26.0 Å². The highest BCUT2D eigenvalue weighted by molar-refractivity contribution is 9.10. The third-order valence-corrected chi connectivity index (χ3v) is 6.84. The van der Waals surface area contributed by atoms with E-state index in [2.05, 4.69) is 134 Å². The molecule has 0 fully saturated rings. The zero-order valence-electron chi connectivity index (χ0n) is 17.6. The van der Waals surface area contributed by atoms with E-state index in [1.165, 1.54) is 21.5 Å². The van der Waals surface area contributed by atoms with Gasteiger partial charge in [0.2, 0.25) is 0 Å². The third kappa shape index (κ3) is 2.71. The van der Waals surface area contributed by atoms with Crippen LogP contribution in [-0.4, -0.2) is 14.1 Å². The summed E-state index contributed by atoms with van der Waals surface area (Å²) >= 11 is 3.77. The molecule has 0 aliphatic heterocycles. The van der Waals surface area contributed by atoms with E-state index < -0.39 is 0 Å². The zero-order valence-corrected chi connectivity index (χ0v) is 19.2. The minimum atomic E-state index is 0.888. The second-order valence-electron chi connectivity index (χ2n) is 8.24. The van der Waals surface area contributed by atoms with Gasteiger partial charge < -0.3 is 0 Å². The Hall–Kier alpha value is -3.89. The first-order valence-electron chi connectivity index (χ1n) is 10.9. The van der Waals surface area contributed by atoms with Crippen LogP contribution < -0.4 is 0 Å². The number of nitrogens with zero attached hydrogens (tertiary/aromatic N) is 3. The second-order valence-corrected chi connectivity index (χ2v) is 9.16. The molecule has 7 aromatic rings. The van der Waals surface area contributed by atoms with E-state index in [0.717, 1.165) is 38.2 Å². The van der Waals surface area contributed by atoms with Gasteiger partial charge in [-0.05, 0) is 36.4 Å². The molecule has 4 aromatic carbocycles. The molecule has 7 rings (SSSR count). The molecule has 0 N–H and O–H groups in total. The Balaban J connectivity index is 1.58. The van der Waals surface area contributed by atoms with E-state index in [0.29, 0.717) is 0 Å². The number of aromatic nitrogens is 3. The molecule has 0 amide bonds. The van der Waals surface area contributed by atoms with Crippen molar-refractivity contribution in [3.63, 3.8) is 0 Å². The molecule has 0 bridgehead atoms. The number of hydrogen-bond acceptors (Lipinski definition) is 1. The van der Waals surface area contributed by atoms with E-state index >= 15 is 0 Å². The average Bonchev–Trinajstić information content (AvgIpc) is 3.37. The molecular formula is C29H18BrN3. The molecule has 3 nitrogen and oxygen atoms in total. The van der Waals surface area contributed by atoms with Gasteiger partial charge in [0.25, 0.3) is 0 Å². The maximum absolute atomic E-state index is 5.21. The van der Waals surface area contributed by atoms with Gasteiger partial charge in [-0.1, -0.05) is 88.7 Å². The lowest BCUT2D eigenvalue weighted by Crippen LogP contribution is -2.03. The minimum Gasteiger partial charge on any atom is -0.294 e. The third-order valence-electron chi connectivity index (χ3n) is 6.38. The Labute approximate surface area is 198 Å². The lowest BCUT2D eigenvalue weighted by molar-refractivity contribution is 1.01. The maximum Gasteiger partial charge on any atom is 0.141 e. The maximum atomic E-state index is 5.21. The molecule has 3 heterocycles. The van der Waals surface area contributed by atoms with Gasteiger partial charge in [0.15, 0.2) is 0 Å². The molecule has 0 aliphatic carbocycles. The Bertz CT molecular complexity index is 1600. The summed E-state index contributed by atoms with van der Waals surface area (Å²) in [5.41, 5.74) is 4.60. The van der Waals surface area contributed by atoms with Gasteiger partial charge in [0.1, 0.15) is 11.6 Å². The number of pyridine rings is 1. The minimum absolute atomic E-state index is 0.888. The van der Waals surface area contributed by atoms with Gasteiger partial charge in [-0.25, -0.2) is 4.98 Å². The molecule has 3 aromatic heterocycles. The van der Waals surface area contributed by atoms with Crippen molar-refractivity contribution in [2.75, 3.05) is 0 Å². The van der Waals surface area contributed by atoms with Crippen molar-refractivity contribution in [3.05, 3.63) is 114 Å². The fraction of sp³-hybridized carbons (Fsp3) is 0. The summed E-state index contributed by atoms with van der Waals surface area (Å²) in [6.45, 7) is 0. The second kappa shape index (κ2) is 7.06. The lowest BCUT2D eigenvalue weighted by Gasteiger charge is -2.12. The summed E-state index contributed by atoms with van der Waals surface area (Å²) in [6, 6.07) is 38.3. The smallest absolute Gasteiger partial charge is 0.141 e. The van der Waals surface area contributed by atoms with Crippen LogP contribution in [0.15, 0.2) is 114 Å². The summed E-state index contributed by atoms with van der Waals surface area (Å²) in [5.74, 6) is 1.78. The number of fused-ring (bicyclic) bond motifs is 6. The molecule has 156 valence electrons. The first-order valence-corrected chi connectivity index (χ1v) is 11.7. The predicted octanol–water partition coefficient (Wildman–Crippen LogP) is 8.04. The van der Waals surface area contributed by atoms with E-state index in [-0.39, 0.29) is 0 Å². The molecule has 0 aliphatic rings. The van der Waals surface area contributed by atoms with E-state index in [1.54, 1.807) is 0 Å². The molecular weight excluding hydrogens is 470 g/mol. The molecule has 33 heavy (non-hydrogen) atoms. The summed E-state index contributed by atoms with van der Waals surface area (Å²) < 4.78 is 5.51. The predicted molar refractivity (Wildman–Crippen MR) is 141 cm³/mol. The van der Waals surface area contributed by atoms with Crippen LogP contribution >= 0.6 is 15.9 Å². The first-order chi connectivity index (χ1) is 16.3. The highest BCUT2D eigenvalue weighted by Crippen LogP contribution is 2.35. The number of para-hydroxylation sites is 4. The van der Waals surface area contributed by atoms with Gasteiger partial charge in [-0.2, -0.15) is 0 Å². The van der Waals surface area contributed by atoms with Crippen LogP contribution in [0.25, 0.3) is 55.2 Å². The van der Waals surface area contributed by atoms with Gasteiger partial charge in [-0.3, -0.25) is 9.13 Å². The summed E-state index contributed by atoms with van der Waals surface area (Å²) in [7, 11) is 0. The Kier molecular flexibility index (Phi) is 3.99. The van der Waals surface area contributed by atoms with Crippen molar-refractivity contribution in [2.24, 2.45) is 0 Å². The van der Waals surface area contributed by atoms with E-state index in [1.807, 2.05) is 0 Å². The normalized spacial score (nSPS) is 11.8. The molecule has 0 radical (unpaired) electrons. The van der Waals surface area contributed by atoms with Crippen LogP contribution in [0.3, 0.4) is 0 Å². The van der Waals surface area contributed by atoms with Crippen molar-refractivity contribution in [3.8, 4) is 11.6 Å². The van der Waals surface area contributed by atoms with Crippen molar-refractivity contribution in [2.45, 2.75) is 0 Å². The average molecular weight is 488 g/mol. The van der Waals surface area contributed by atoms with Gasteiger partial charge in [-0.15, -0.1) is 0 Å². The Morgan fingerprint density at radius 2 is 0.758 bits per heavy atom. The van der Waals surface area contributed by atoms with Crippen LogP contribution in [0, 0.1) is 0 Å². The SMILES string of the molecule is Brc1cc(-n2c3ccccc3c3ccccc32)nc(-n2c3ccccc3c3ccccc32)c1. The highest BCUT2D eigenvalue weighted by Gasteiger charge is 2.16. The summed E-state index contributed by atoms with van der Waals surface area (Å²) in [4.78, 5) is 5.21. The van der Waals surface area contributed by atoms with Crippen LogP contribution in [0.2, 0.25) is 0 Å². The summed E-state index contributed by atoms with van der Waals surface area (Å²) in [5, 5.41) is 4.92. The van der Waals surface area contributed by atoms with Crippen LogP contribution in [0.5, 0.6) is 0 Å². The van der Waals surface area contributed by atoms with E-state index in [9.17, 15) is 0 Å². The van der Waals surface area contributed by atoms with Crippen LogP contribution in [-0.2, 0) is 0 Å². The number of halogens is 1. The molecule has 0 unspecified atom stereocenters. The Morgan fingerprint density at radius 3 is 1.09 bits per heavy atom. The number of rotatable bonds is 2. The number of hydrogen-bond donors (Lipinski definition) is 0. The van der Waals surface area contributed by atoms with Crippen LogP contribution in [0.1, 0.15) is 0 Å². The Morgan fingerprint density at radius 1 is 0.455 bits per heavy atom. The first kappa shape index (κ1) is 18.7. The molecule has 0 saturated carbocycles. The van der Waals surface area contributed by atoms with Gasteiger partial charge in [0.05, 0.1) is 22.1 Å². The topological polar surface area (TPSA) is 22.8 Å². The van der Waals surface area contributed by atoms with Gasteiger partial charge >= 0.3 is 0 Å². The van der Waals surface area contributed by atoms with Crippen molar-refractivity contribution < 1.29 is 0 Å². The molecule has 4 heteroatoms. The van der Waals surface area contributed by atoms with E-state index in [4.69, 9.17) is 4.98 Å². The highest BCUT2D eigenvalue weighted by atomic mass is 79.9. The quantitative estimate of drug-likeness (QED) is 0.242. The standard InChI is InChI=1S/C29H18BrN3/c30-19-17-28(32-24-13-5-1-9-20(24)21-10-2-6-14-25(21)32)31-29(18-19)33-26-15-7-3-11-22(26)23-12-4-8-16-27(23)33/h1-18H. The lowest BCUT2D eigenvalue weighted by atomic mass is 10.2. The van der Waals surface area contributed by atoms with Crippen LogP contribution in [0.4, 0.5) is 0 Å². The van der Waals surface area contributed by atoms with Crippen molar-refractivity contribution >= 4 is 59.5 Å². The van der Waals surface area contributed by atoms with Crippen molar-refractivity contribution in [1.82, 2.24) is 14.1 Å².